The predicted octanol–water partition coefficient (Wildman–Crippen LogP) is 1.69. The van der Waals surface area contributed by atoms with Gasteiger partial charge in [-0.1, -0.05) is 13.8 Å². The number of aromatic nitrogens is 2. The summed E-state index contributed by atoms with van der Waals surface area (Å²) >= 11 is 0. The van der Waals surface area contributed by atoms with E-state index in [-0.39, 0.29) is 11.5 Å². The third-order valence-corrected chi connectivity index (χ3v) is 8.21. The predicted molar refractivity (Wildman–Crippen MR) is 85.4 cm³/mol. The minimum atomic E-state index is -3.54. The van der Waals surface area contributed by atoms with Crippen molar-refractivity contribution in [2.24, 2.45) is 18.4 Å². The molecule has 2 bridgehead atoms. The summed E-state index contributed by atoms with van der Waals surface area (Å²) in [7, 11) is -1.81. The third-order valence-electron chi connectivity index (χ3n) is 6.15. The van der Waals surface area contributed by atoms with Crippen LogP contribution in [0, 0.1) is 11.3 Å². The van der Waals surface area contributed by atoms with Crippen LogP contribution in [-0.4, -0.2) is 41.7 Å². The van der Waals surface area contributed by atoms with Crippen LogP contribution >= 0.6 is 0 Å². The maximum Gasteiger partial charge on any atom is 0.260 e. The zero-order valence-corrected chi connectivity index (χ0v) is 14.9. The van der Waals surface area contributed by atoms with Crippen LogP contribution in [0.2, 0.25) is 0 Å². The summed E-state index contributed by atoms with van der Waals surface area (Å²) in [6.07, 6.45) is 3.75. The summed E-state index contributed by atoms with van der Waals surface area (Å²) in [6.45, 7) is 6.00. The number of aryl methyl sites for hydroxylation is 1. The lowest BCUT2D eigenvalue weighted by atomic mass is 9.58. The molecule has 6 nitrogen and oxygen atoms in total. The van der Waals surface area contributed by atoms with Gasteiger partial charge in [0.25, 0.3) is 10.0 Å². The highest BCUT2D eigenvalue weighted by Gasteiger charge is 2.55. The minimum absolute atomic E-state index is 0.0682. The van der Waals surface area contributed by atoms with E-state index in [9.17, 15) is 8.42 Å². The van der Waals surface area contributed by atoms with Crippen molar-refractivity contribution >= 4 is 10.0 Å². The summed E-state index contributed by atoms with van der Waals surface area (Å²) in [5.74, 6) is 0.650. The van der Waals surface area contributed by atoms with Crippen LogP contribution in [0.25, 0.3) is 0 Å². The molecule has 128 valence electrons. The van der Waals surface area contributed by atoms with Gasteiger partial charge in [-0.2, -0.15) is 9.40 Å². The van der Waals surface area contributed by atoms with Crippen LogP contribution < -0.4 is 0 Å². The number of hydrogen-bond donors (Lipinski definition) is 0. The first-order valence-corrected chi connectivity index (χ1v) is 9.92. The molecule has 7 heteroatoms. The van der Waals surface area contributed by atoms with Crippen molar-refractivity contribution in [1.82, 2.24) is 14.1 Å². The van der Waals surface area contributed by atoms with Crippen molar-refractivity contribution < 1.29 is 13.2 Å². The monoisotopic (exact) mass is 339 g/mol. The standard InChI is InChI=1S/C16H25N3O3S/c1-16(2)11-5-4-7-19(14(16)9-11)23(20,21)15-12-10-22-8-6-13(12)17-18(15)3/h11,14H,4-10H2,1-3H3. The van der Waals surface area contributed by atoms with Gasteiger partial charge in [0, 0.05) is 31.6 Å². The van der Waals surface area contributed by atoms with Gasteiger partial charge in [0.2, 0.25) is 0 Å². The first-order chi connectivity index (χ1) is 10.8. The molecule has 0 spiro atoms. The van der Waals surface area contributed by atoms with Crippen molar-refractivity contribution in [3.05, 3.63) is 11.3 Å². The van der Waals surface area contributed by atoms with E-state index >= 15 is 0 Å². The summed E-state index contributed by atoms with van der Waals surface area (Å²) in [6, 6.07) is 0.107. The fraction of sp³-hybridized carbons (Fsp3) is 0.812. The van der Waals surface area contributed by atoms with E-state index in [0.717, 1.165) is 30.5 Å². The fourth-order valence-electron chi connectivity index (χ4n) is 4.63. The molecule has 0 N–H and O–H groups in total. The Balaban J connectivity index is 1.78. The molecule has 5 rings (SSSR count). The van der Waals surface area contributed by atoms with Gasteiger partial charge in [0.1, 0.15) is 0 Å². The molecular formula is C16H25N3O3S. The Morgan fingerprint density at radius 2 is 2.13 bits per heavy atom. The van der Waals surface area contributed by atoms with Crippen molar-refractivity contribution in [3.8, 4) is 0 Å². The Morgan fingerprint density at radius 1 is 1.35 bits per heavy atom. The Kier molecular flexibility index (Phi) is 3.42. The minimum Gasteiger partial charge on any atom is -0.376 e. The van der Waals surface area contributed by atoms with Crippen LogP contribution in [0.3, 0.4) is 0 Å². The molecule has 2 saturated heterocycles. The molecule has 1 aliphatic carbocycles. The lowest BCUT2D eigenvalue weighted by Gasteiger charge is -2.53. The van der Waals surface area contributed by atoms with Crippen LogP contribution in [0.5, 0.6) is 0 Å². The van der Waals surface area contributed by atoms with Gasteiger partial charge in [-0.3, -0.25) is 4.68 Å². The number of sulfonamides is 1. The quantitative estimate of drug-likeness (QED) is 0.822. The molecule has 4 aliphatic rings. The highest BCUT2D eigenvalue weighted by molar-refractivity contribution is 7.89. The lowest BCUT2D eigenvalue weighted by molar-refractivity contribution is -0.00990. The molecule has 0 aromatic carbocycles. The maximum atomic E-state index is 13.4. The number of hydrogen-bond acceptors (Lipinski definition) is 4. The molecule has 2 unspecified atom stereocenters. The van der Waals surface area contributed by atoms with E-state index in [1.54, 1.807) is 16.0 Å². The Bertz CT molecular complexity index is 738. The molecule has 2 atom stereocenters. The summed E-state index contributed by atoms with van der Waals surface area (Å²) in [5.41, 5.74) is 1.70. The lowest BCUT2D eigenvalue weighted by Crippen LogP contribution is -2.57. The molecule has 1 saturated carbocycles. The van der Waals surface area contributed by atoms with Crippen LogP contribution in [0.1, 0.15) is 44.4 Å². The van der Waals surface area contributed by atoms with Crippen molar-refractivity contribution in [2.75, 3.05) is 13.2 Å². The number of fused-ring (bicyclic) bond motifs is 4. The molecule has 4 heterocycles. The second kappa shape index (κ2) is 5.04. The van der Waals surface area contributed by atoms with Crippen LogP contribution in [-0.2, 0) is 34.8 Å². The Labute approximate surface area is 137 Å². The summed E-state index contributed by atoms with van der Waals surface area (Å²) < 4.78 is 35.6. The van der Waals surface area contributed by atoms with Gasteiger partial charge in [-0.15, -0.1) is 0 Å². The molecule has 23 heavy (non-hydrogen) atoms. The average molecular weight is 339 g/mol. The molecular weight excluding hydrogens is 314 g/mol. The highest BCUT2D eigenvalue weighted by atomic mass is 32.2. The molecule has 1 aromatic heterocycles. The van der Waals surface area contributed by atoms with E-state index in [2.05, 4.69) is 18.9 Å². The number of ether oxygens (including phenoxy) is 1. The van der Waals surface area contributed by atoms with E-state index in [1.807, 2.05) is 0 Å². The number of nitrogens with zero attached hydrogens (tertiary/aromatic N) is 3. The van der Waals surface area contributed by atoms with E-state index < -0.39 is 10.0 Å². The van der Waals surface area contributed by atoms with Crippen LogP contribution in [0.4, 0.5) is 0 Å². The zero-order valence-electron chi connectivity index (χ0n) is 14.1. The first kappa shape index (κ1) is 15.6. The first-order valence-electron chi connectivity index (χ1n) is 8.48. The van der Waals surface area contributed by atoms with Crippen LogP contribution in [0.15, 0.2) is 5.03 Å². The SMILES string of the molecule is Cn1nc2c(c1S(=O)(=O)N1CCCC3CC1C3(C)C)COCC2. The Hall–Kier alpha value is -0.920. The van der Waals surface area contributed by atoms with Gasteiger partial charge in [0.05, 0.1) is 18.9 Å². The number of rotatable bonds is 2. The third kappa shape index (κ3) is 2.13. The normalized spacial score (nSPS) is 30.4. The molecule has 3 fully saturated rings. The van der Waals surface area contributed by atoms with Crippen molar-refractivity contribution in [2.45, 2.75) is 57.2 Å². The topological polar surface area (TPSA) is 64.4 Å². The van der Waals surface area contributed by atoms with E-state index in [4.69, 9.17) is 4.74 Å². The summed E-state index contributed by atoms with van der Waals surface area (Å²) in [4.78, 5) is 0. The maximum absolute atomic E-state index is 13.4. The zero-order chi connectivity index (χ0) is 16.4. The molecule has 0 amide bonds. The fourth-order valence-corrected chi connectivity index (χ4v) is 6.78. The van der Waals surface area contributed by atoms with Crippen molar-refractivity contribution in [1.29, 1.82) is 0 Å². The average Bonchev–Trinajstić information content (AvgIpc) is 2.65. The van der Waals surface area contributed by atoms with Gasteiger partial charge in [0.15, 0.2) is 5.03 Å². The highest BCUT2D eigenvalue weighted by Crippen LogP contribution is 2.54. The second-order valence-electron chi connectivity index (χ2n) is 7.68. The van der Waals surface area contributed by atoms with Crippen molar-refractivity contribution in [3.63, 3.8) is 0 Å². The second-order valence-corrected chi connectivity index (χ2v) is 9.49. The smallest absolute Gasteiger partial charge is 0.260 e. The largest absolute Gasteiger partial charge is 0.376 e. The van der Waals surface area contributed by atoms with Gasteiger partial charge >= 0.3 is 0 Å². The van der Waals surface area contributed by atoms with E-state index in [1.165, 1.54) is 0 Å². The molecule has 0 radical (unpaired) electrons. The Morgan fingerprint density at radius 3 is 2.87 bits per heavy atom. The van der Waals surface area contributed by atoms with Gasteiger partial charge in [-0.05, 0) is 30.6 Å². The molecule has 1 aromatic rings. The van der Waals surface area contributed by atoms with Gasteiger partial charge < -0.3 is 4.74 Å². The van der Waals surface area contributed by atoms with E-state index in [0.29, 0.717) is 37.1 Å². The van der Waals surface area contributed by atoms with Gasteiger partial charge in [-0.25, -0.2) is 8.42 Å². The summed E-state index contributed by atoms with van der Waals surface area (Å²) in [5, 5.41) is 4.78. The molecule has 3 aliphatic heterocycles.